The average molecular weight is 290 g/mol. The number of hydrogen-bond acceptors (Lipinski definition) is 4. The monoisotopic (exact) mass is 290 g/mol. The first-order chi connectivity index (χ1) is 9.56. The lowest BCUT2D eigenvalue weighted by molar-refractivity contribution is 0.1000. The van der Waals surface area contributed by atoms with Crippen molar-refractivity contribution in [2.45, 2.75) is 10.3 Å². The number of nitrogens with two attached hydrogens (primary N) is 1. The van der Waals surface area contributed by atoms with Crippen LogP contribution in [-0.2, 0) is 0 Å². The normalized spacial score (nSPS) is 17.1. The first-order valence-corrected chi connectivity index (χ1v) is 6.78. The Kier molecular flexibility index (Phi) is 3.11. The van der Waals surface area contributed by atoms with Crippen LogP contribution in [0.15, 0.2) is 47.4 Å². The molecule has 1 atom stereocenters. The summed E-state index contributed by atoms with van der Waals surface area (Å²) in [5, 5.41) is 10.9. The van der Waals surface area contributed by atoms with Gasteiger partial charge in [-0.15, -0.1) is 0 Å². The number of fused-ring (bicyclic) bond motifs is 1. The van der Waals surface area contributed by atoms with Crippen LogP contribution < -0.4 is 10.8 Å². The molecule has 1 aliphatic heterocycles. The number of rotatable bonds is 2. The molecule has 2 aromatic rings. The highest BCUT2D eigenvalue weighted by Crippen LogP contribution is 2.50. The Labute approximate surface area is 119 Å². The second-order valence-corrected chi connectivity index (χ2v) is 5.54. The van der Waals surface area contributed by atoms with E-state index in [1.54, 1.807) is 30.3 Å². The molecule has 1 aliphatic rings. The maximum absolute atomic E-state index is 12.9. The first kappa shape index (κ1) is 13.0. The van der Waals surface area contributed by atoms with Crippen LogP contribution in [-0.4, -0.2) is 11.1 Å². The van der Waals surface area contributed by atoms with Gasteiger partial charge in [0, 0.05) is 10.5 Å². The SMILES string of the molecule is NC(=O)c1ccc2c(c1)N(O)C(c1ccc(F)cc1)S2. The number of amides is 1. The number of thioether (sulfide) groups is 1. The van der Waals surface area contributed by atoms with E-state index in [0.717, 1.165) is 15.5 Å². The van der Waals surface area contributed by atoms with Gasteiger partial charge in [-0.2, -0.15) is 0 Å². The molecule has 3 N–H and O–H groups in total. The van der Waals surface area contributed by atoms with Crippen LogP contribution in [0, 0.1) is 5.82 Å². The van der Waals surface area contributed by atoms with E-state index in [-0.39, 0.29) is 11.2 Å². The Balaban J connectivity index is 1.96. The van der Waals surface area contributed by atoms with Gasteiger partial charge < -0.3 is 5.73 Å². The summed E-state index contributed by atoms with van der Waals surface area (Å²) >= 11 is 1.42. The quantitative estimate of drug-likeness (QED) is 0.892. The molecule has 2 aromatic carbocycles. The highest BCUT2D eigenvalue weighted by molar-refractivity contribution is 8.00. The maximum Gasteiger partial charge on any atom is 0.248 e. The second kappa shape index (κ2) is 4.81. The molecule has 1 heterocycles. The Bertz CT molecular complexity index is 675. The van der Waals surface area contributed by atoms with Crippen molar-refractivity contribution in [3.8, 4) is 0 Å². The topological polar surface area (TPSA) is 66.6 Å². The first-order valence-electron chi connectivity index (χ1n) is 5.90. The summed E-state index contributed by atoms with van der Waals surface area (Å²) < 4.78 is 12.9. The number of benzene rings is 2. The molecule has 0 fully saturated rings. The molecule has 3 rings (SSSR count). The third kappa shape index (κ3) is 2.13. The smallest absolute Gasteiger partial charge is 0.248 e. The Morgan fingerprint density at radius 1 is 1.25 bits per heavy atom. The lowest BCUT2D eigenvalue weighted by Gasteiger charge is -2.19. The Morgan fingerprint density at radius 2 is 1.95 bits per heavy atom. The molecule has 0 aromatic heterocycles. The van der Waals surface area contributed by atoms with E-state index < -0.39 is 5.91 Å². The zero-order chi connectivity index (χ0) is 14.3. The molecule has 20 heavy (non-hydrogen) atoms. The van der Waals surface area contributed by atoms with Gasteiger partial charge in [0.15, 0.2) is 0 Å². The largest absolute Gasteiger partial charge is 0.366 e. The third-order valence-corrected chi connectivity index (χ3v) is 4.40. The fourth-order valence-corrected chi connectivity index (χ4v) is 3.25. The number of hydrogen-bond donors (Lipinski definition) is 2. The van der Waals surface area contributed by atoms with Crippen LogP contribution in [0.2, 0.25) is 0 Å². The molecule has 6 heteroatoms. The summed E-state index contributed by atoms with van der Waals surface area (Å²) in [4.78, 5) is 12.0. The molecule has 0 aliphatic carbocycles. The van der Waals surface area contributed by atoms with Gasteiger partial charge in [-0.3, -0.25) is 10.0 Å². The van der Waals surface area contributed by atoms with Crippen molar-refractivity contribution in [2.75, 3.05) is 5.06 Å². The lowest BCUT2D eigenvalue weighted by Crippen LogP contribution is -2.19. The van der Waals surface area contributed by atoms with E-state index in [9.17, 15) is 14.4 Å². The van der Waals surface area contributed by atoms with E-state index in [1.807, 2.05) is 0 Å². The molecular formula is C14H11FN2O2S. The van der Waals surface area contributed by atoms with Crippen LogP contribution in [0.4, 0.5) is 10.1 Å². The zero-order valence-electron chi connectivity index (χ0n) is 10.3. The molecule has 4 nitrogen and oxygen atoms in total. The molecule has 0 bridgehead atoms. The van der Waals surface area contributed by atoms with E-state index in [2.05, 4.69) is 0 Å². The molecule has 0 radical (unpaired) electrons. The highest BCUT2D eigenvalue weighted by Gasteiger charge is 2.31. The van der Waals surface area contributed by atoms with Gasteiger partial charge in [0.05, 0.1) is 5.69 Å². The van der Waals surface area contributed by atoms with Crippen LogP contribution in [0.1, 0.15) is 21.3 Å². The van der Waals surface area contributed by atoms with Crippen molar-refractivity contribution in [2.24, 2.45) is 5.73 Å². The van der Waals surface area contributed by atoms with Gasteiger partial charge in [-0.05, 0) is 35.9 Å². The number of anilines is 1. The number of carbonyl (C=O) groups excluding carboxylic acids is 1. The van der Waals surface area contributed by atoms with Crippen molar-refractivity contribution in [3.05, 3.63) is 59.4 Å². The third-order valence-electron chi connectivity index (χ3n) is 3.11. The van der Waals surface area contributed by atoms with Crippen molar-refractivity contribution in [1.29, 1.82) is 0 Å². The Morgan fingerprint density at radius 3 is 2.60 bits per heavy atom. The van der Waals surface area contributed by atoms with E-state index in [4.69, 9.17) is 5.73 Å². The van der Waals surface area contributed by atoms with Crippen molar-refractivity contribution in [3.63, 3.8) is 0 Å². The minimum atomic E-state index is -0.545. The zero-order valence-corrected chi connectivity index (χ0v) is 11.1. The molecular weight excluding hydrogens is 279 g/mol. The summed E-state index contributed by atoms with van der Waals surface area (Å²) in [7, 11) is 0. The van der Waals surface area contributed by atoms with Crippen LogP contribution in [0.3, 0.4) is 0 Å². The average Bonchev–Trinajstić information content (AvgIpc) is 2.76. The van der Waals surface area contributed by atoms with Gasteiger partial charge in [0.25, 0.3) is 0 Å². The maximum atomic E-state index is 12.9. The van der Waals surface area contributed by atoms with E-state index >= 15 is 0 Å². The predicted molar refractivity (Wildman–Crippen MR) is 74.2 cm³/mol. The van der Waals surface area contributed by atoms with Crippen molar-refractivity contribution < 1.29 is 14.4 Å². The number of halogens is 1. The molecule has 1 unspecified atom stereocenters. The molecule has 0 saturated carbocycles. The summed E-state index contributed by atoms with van der Waals surface area (Å²) in [5.74, 6) is -0.869. The second-order valence-electron chi connectivity index (χ2n) is 4.41. The van der Waals surface area contributed by atoms with Crippen molar-refractivity contribution >= 4 is 23.4 Å². The summed E-state index contributed by atoms with van der Waals surface area (Å²) in [6.45, 7) is 0. The summed E-state index contributed by atoms with van der Waals surface area (Å²) in [6.07, 6.45) is 0. The molecule has 0 saturated heterocycles. The molecule has 0 spiro atoms. The fourth-order valence-electron chi connectivity index (χ4n) is 2.08. The fraction of sp³-hybridized carbons (Fsp3) is 0.0714. The number of hydroxylamine groups is 1. The molecule has 1 amide bonds. The van der Waals surface area contributed by atoms with Gasteiger partial charge in [0.2, 0.25) is 5.91 Å². The summed E-state index contributed by atoms with van der Waals surface area (Å²) in [5.41, 5.74) is 6.87. The predicted octanol–water partition coefficient (Wildman–Crippen LogP) is 2.92. The van der Waals surface area contributed by atoms with E-state index in [1.165, 1.54) is 23.9 Å². The molecule has 102 valence electrons. The Hall–Kier alpha value is -2.05. The van der Waals surface area contributed by atoms with Crippen LogP contribution in [0.5, 0.6) is 0 Å². The van der Waals surface area contributed by atoms with Gasteiger partial charge in [-0.1, -0.05) is 23.9 Å². The number of carbonyl (C=O) groups is 1. The van der Waals surface area contributed by atoms with Gasteiger partial charge in [-0.25, -0.2) is 9.45 Å². The highest BCUT2D eigenvalue weighted by atomic mass is 32.2. The van der Waals surface area contributed by atoms with Gasteiger partial charge >= 0.3 is 0 Å². The standard InChI is InChI=1S/C14H11FN2O2S/c15-10-4-1-8(2-5-10)14-17(19)11-7-9(13(16)18)3-6-12(11)20-14/h1-7,14,19H,(H2,16,18). The lowest BCUT2D eigenvalue weighted by atomic mass is 10.1. The van der Waals surface area contributed by atoms with Crippen LogP contribution >= 0.6 is 11.8 Å². The minimum Gasteiger partial charge on any atom is -0.366 e. The van der Waals surface area contributed by atoms with E-state index in [0.29, 0.717) is 11.3 Å². The minimum absolute atomic E-state index is 0.324. The number of nitrogens with zero attached hydrogens (tertiary/aromatic N) is 1. The summed E-state index contributed by atoms with van der Waals surface area (Å²) in [6, 6.07) is 10.9. The number of primary amides is 1. The van der Waals surface area contributed by atoms with Crippen LogP contribution in [0.25, 0.3) is 0 Å². The van der Waals surface area contributed by atoms with Gasteiger partial charge in [0.1, 0.15) is 11.2 Å². The van der Waals surface area contributed by atoms with Crippen molar-refractivity contribution in [1.82, 2.24) is 0 Å².